The molecule has 6 nitrogen and oxygen atoms in total. The fourth-order valence-electron chi connectivity index (χ4n) is 2.94. The van der Waals surface area contributed by atoms with Crippen LogP contribution in [-0.2, 0) is 4.79 Å². The van der Waals surface area contributed by atoms with E-state index in [4.69, 9.17) is 41.5 Å². The summed E-state index contributed by atoms with van der Waals surface area (Å²) in [6, 6.07) is 14.9. The molecule has 2 aromatic carbocycles. The van der Waals surface area contributed by atoms with Gasteiger partial charge < -0.3 is 18.3 Å². The Hall–Kier alpha value is -3.22. The van der Waals surface area contributed by atoms with E-state index in [9.17, 15) is 9.59 Å². The highest BCUT2D eigenvalue weighted by Gasteiger charge is 2.22. The minimum atomic E-state index is -0.596. The third kappa shape index (κ3) is 4.76. The molecule has 158 valence electrons. The van der Waals surface area contributed by atoms with E-state index >= 15 is 0 Å². The number of benzene rings is 2. The molecule has 0 aliphatic carbocycles. The highest BCUT2D eigenvalue weighted by atomic mass is 35.5. The van der Waals surface area contributed by atoms with Crippen molar-refractivity contribution in [3.05, 3.63) is 81.1 Å². The van der Waals surface area contributed by atoms with Crippen molar-refractivity contribution in [3.8, 4) is 23.0 Å². The van der Waals surface area contributed by atoms with Crippen LogP contribution >= 0.6 is 23.2 Å². The zero-order chi connectivity index (χ0) is 21.8. The predicted molar refractivity (Wildman–Crippen MR) is 117 cm³/mol. The number of ether oxygens (including phenoxy) is 2. The lowest BCUT2D eigenvalue weighted by Gasteiger charge is -2.10. The predicted octanol–water partition coefficient (Wildman–Crippen LogP) is 6.12. The Labute approximate surface area is 186 Å². The average molecular weight is 459 g/mol. The summed E-state index contributed by atoms with van der Waals surface area (Å²) in [4.78, 5) is 25.3. The molecule has 31 heavy (non-hydrogen) atoms. The molecule has 0 saturated carbocycles. The van der Waals surface area contributed by atoms with Gasteiger partial charge in [0.2, 0.25) is 16.9 Å². The van der Waals surface area contributed by atoms with Crippen molar-refractivity contribution in [1.82, 2.24) is 0 Å². The SMILES string of the molecule is O=C(CCCOc1ccc(Cl)cc1Cl)Oc1c(-c2ccco2)oc2ccccc2c1=O. The van der Waals surface area contributed by atoms with Crippen molar-refractivity contribution < 1.29 is 23.1 Å². The van der Waals surface area contributed by atoms with E-state index in [-0.39, 0.29) is 30.3 Å². The zero-order valence-electron chi connectivity index (χ0n) is 16.1. The van der Waals surface area contributed by atoms with E-state index in [0.717, 1.165) is 0 Å². The van der Waals surface area contributed by atoms with Gasteiger partial charge in [0.15, 0.2) is 5.76 Å². The van der Waals surface area contributed by atoms with E-state index in [1.165, 1.54) is 6.26 Å². The maximum absolute atomic E-state index is 12.9. The first-order chi connectivity index (χ1) is 15.0. The van der Waals surface area contributed by atoms with Crippen LogP contribution in [0.25, 0.3) is 22.5 Å². The number of carbonyl (C=O) groups is 1. The number of halogens is 2. The second-order valence-corrected chi connectivity index (χ2v) is 7.41. The quantitative estimate of drug-likeness (QED) is 0.245. The van der Waals surface area contributed by atoms with E-state index in [0.29, 0.717) is 33.2 Å². The third-order valence-corrected chi connectivity index (χ3v) is 4.92. The van der Waals surface area contributed by atoms with Crippen LogP contribution < -0.4 is 14.9 Å². The van der Waals surface area contributed by atoms with Gasteiger partial charge in [-0.3, -0.25) is 9.59 Å². The zero-order valence-corrected chi connectivity index (χ0v) is 17.6. The lowest BCUT2D eigenvalue weighted by atomic mass is 10.2. The minimum Gasteiger partial charge on any atom is -0.492 e. The first-order valence-electron chi connectivity index (χ1n) is 9.41. The molecule has 0 N–H and O–H groups in total. The molecule has 0 spiro atoms. The summed E-state index contributed by atoms with van der Waals surface area (Å²) in [7, 11) is 0. The number of carbonyl (C=O) groups excluding carboxylic acids is 1. The van der Waals surface area contributed by atoms with Crippen LogP contribution in [0.4, 0.5) is 0 Å². The van der Waals surface area contributed by atoms with Gasteiger partial charge in [-0.1, -0.05) is 35.3 Å². The molecular formula is C23H16Cl2O6. The number of rotatable bonds is 7. The Morgan fingerprint density at radius 3 is 2.65 bits per heavy atom. The van der Waals surface area contributed by atoms with E-state index in [2.05, 4.69) is 0 Å². The maximum Gasteiger partial charge on any atom is 0.311 e. The summed E-state index contributed by atoms with van der Waals surface area (Å²) >= 11 is 11.9. The van der Waals surface area contributed by atoms with E-state index in [1.807, 2.05) is 0 Å². The number of furan rings is 1. The fourth-order valence-corrected chi connectivity index (χ4v) is 3.41. The van der Waals surface area contributed by atoms with Gasteiger partial charge in [-0.15, -0.1) is 0 Å². The van der Waals surface area contributed by atoms with Gasteiger partial charge in [0.05, 0.1) is 23.3 Å². The minimum absolute atomic E-state index is 0.0229. The van der Waals surface area contributed by atoms with Crippen molar-refractivity contribution in [3.63, 3.8) is 0 Å². The number of esters is 1. The molecule has 0 aliphatic rings. The molecule has 0 aliphatic heterocycles. The summed E-state index contributed by atoms with van der Waals surface area (Å²) in [6.45, 7) is 0.230. The smallest absolute Gasteiger partial charge is 0.311 e. The Morgan fingerprint density at radius 2 is 1.87 bits per heavy atom. The molecular weight excluding hydrogens is 443 g/mol. The number of para-hydroxylation sites is 1. The molecule has 4 rings (SSSR count). The van der Waals surface area contributed by atoms with Crippen LogP contribution in [0.1, 0.15) is 12.8 Å². The standard InChI is InChI=1S/C23H16Cl2O6/c24-14-9-10-18(16(25)13-14)28-12-4-8-20(26)31-23-21(27)15-5-1-2-6-17(15)30-22(23)19-7-3-11-29-19/h1-3,5-7,9-11,13H,4,8,12H2. The molecule has 0 radical (unpaired) electrons. The third-order valence-electron chi connectivity index (χ3n) is 4.39. The van der Waals surface area contributed by atoms with E-state index in [1.54, 1.807) is 54.6 Å². The first kappa shape index (κ1) is 21.0. The first-order valence-corrected chi connectivity index (χ1v) is 10.2. The Bertz CT molecular complexity index is 1280. The maximum atomic E-state index is 12.9. The Kier molecular flexibility index (Phi) is 6.30. The highest BCUT2D eigenvalue weighted by molar-refractivity contribution is 6.35. The van der Waals surface area contributed by atoms with Gasteiger partial charge in [0, 0.05) is 11.4 Å². The summed E-state index contributed by atoms with van der Waals surface area (Å²) in [5, 5.41) is 1.19. The van der Waals surface area contributed by atoms with Crippen LogP contribution in [0.5, 0.6) is 11.5 Å². The molecule has 0 saturated heterocycles. The Morgan fingerprint density at radius 1 is 1.03 bits per heavy atom. The van der Waals surface area contributed by atoms with Gasteiger partial charge in [-0.2, -0.15) is 0 Å². The van der Waals surface area contributed by atoms with Crippen LogP contribution in [-0.4, -0.2) is 12.6 Å². The fraction of sp³-hybridized carbons (Fsp3) is 0.130. The molecule has 0 fully saturated rings. The monoisotopic (exact) mass is 458 g/mol. The Balaban J connectivity index is 1.47. The van der Waals surface area contributed by atoms with Crippen LogP contribution in [0.15, 0.2) is 74.5 Å². The molecule has 2 heterocycles. The van der Waals surface area contributed by atoms with Crippen molar-refractivity contribution in [1.29, 1.82) is 0 Å². The topological polar surface area (TPSA) is 78.9 Å². The van der Waals surface area contributed by atoms with E-state index < -0.39 is 11.4 Å². The molecule has 2 aromatic heterocycles. The second-order valence-electron chi connectivity index (χ2n) is 6.56. The lowest BCUT2D eigenvalue weighted by molar-refractivity contribution is -0.134. The molecule has 0 atom stereocenters. The van der Waals surface area contributed by atoms with Gasteiger partial charge in [-0.05, 0) is 48.9 Å². The molecule has 0 amide bonds. The number of hydrogen-bond acceptors (Lipinski definition) is 6. The van der Waals surface area contributed by atoms with Crippen LogP contribution in [0.3, 0.4) is 0 Å². The average Bonchev–Trinajstić information content (AvgIpc) is 3.29. The van der Waals surface area contributed by atoms with Crippen LogP contribution in [0.2, 0.25) is 10.0 Å². The summed E-state index contributed by atoms with van der Waals surface area (Å²) < 4.78 is 22.1. The summed E-state index contributed by atoms with van der Waals surface area (Å²) in [5.41, 5.74) is -0.0854. The van der Waals surface area contributed by atoms with Gasteiger partial charge in [0.1, 0.15) is 11.3 Å². The number of fused-ring (bicyclic) bond motifs is 1. The van der Waals surface area contributed by atoms with Crippen molar-refractivity contribution >= 4 is 40.1 Å². The second kappa shape index (κ2) is 9.29. The summed E-state index contributed by atoms with van der Waals surface area (Å²) in [6.07, 6.45) is 1.82. The van der Waals surface area contributed by atoms with Crippen LogP contribution in [0, 0.1) is 0 Å². The van der Waals surface area contributed by atoms with Gasteiger partial charge >= 0.3 is 5.97 Å². The largest absolute Gasteiger partial charge is 0.492 e. The molecule has 8 heteroatoms. The van der Waals surface area contributed by atoms with Crippen molar-refractivity contribution in [2.45, 2.75) is 12.8 Å². The van der Waals surface area contributed by atoms with Gasteiger partial charge in [0.25, 0.3) is 0 Å². The van der Waals surface area contributed by atoms with Gasteiger partial charge in [-0.25, -0.2) is 0 Å². The normalized spacial score (nSPS) is 10.9. The van der Waals surface area contributed by atoms with Crippen molar-refractivity contribution in [2.24, 2.45) is 0 Å². The van der Waals surface area contributed by atoms with Crippen molar-refractivity contribution in [2.75, 3.05) is 6.61 Å². The highest BCUT2D eigenvalue weighted by Crippen LogP contribution is 2.31. The molecule has 4 aromatic rings. The molecule has 0 unspecified atom stereocenters. The lowest BCUT2D eigenvalue weighted by Crippen LogP contribution is -2.16. The summed E-state index contributed by atoms with van der Waals surface area (Å²) in [5.74, 6) is 0.00818. The number of hydrogen-bond donors (Lipinski definition) is 0. The molecule has 0 bridgehead atoms.